The molecule has 1 aliphatic heterocycles. The van der Waals surface area contributed by atoms with Gasteiger partial charge in [-0.05, 0) is 43.0 Å². The lowest BCUT2D eigenvalue weighted by atomic mass is 10.1. The summed E-state index contributed by atoms with van der Waals surface area (Å²) in [6.45, 7) is 0.662. The molecule has 3 rings (SSSR count). The normalized spacial score (nSPS) is 18.7. The molecule has 0 saturated carbocycles. The van der Waals surface area contributed by atoms with Gasteiger partial charge < -0.3 is 15.5 Å². The van der Waals surface area contributed by atoms with E-state index in [1.54, 1.807) is 11.0 Å². The maximum absolute atomic E-state index is 12.9. The number of amides is 2. The third kappa shape index (κ3) is 2.63. The van der Waals surface area contributed by atoms with Crippen LogP contribution in [0.25, 0.3) is 0 Å². The molecule has 0 saturated heterocycles. The number of hydrogen-bond donors (Lipinski definition) is 1. The first kappa shape index (κ1) is 14.7. The van der Waals surface area contributed by atoms with Gasteiger partial charge in [0.1, 0.15) is 0 Å². The molecule has 2 aliphatic rings. The highest BCUT2D eigenvalue weighted by atomic mass is 19.4. The number of rotatable bonds is 1. The minimum atomic E-state index is -4.39. The number of hydrogen-bond acceptors (Lipinski definition) is 2. The molecule has 1 aromatic carbocycles. The highest BCUT2D eigenvalue weighted by Crippen LogP contribution is 2.38. The second-order valence-electron chi connectivity index (χ2n) is 5.56. The third-order valence-electron chi connectivity index (χ3n) is 4.12. The lowest BCUT2D eigenvalue weighted by Gasteiger charge is -2.37. The van der Waals surface area contributed by atoms with E-state index >= 15 is 0 Å². The van der Waals surface area contributed by atoms with Crippen molar-refractivity contribution in [2.75, 3.05) is 18.1 Å². The van der Waals surface area contributed by atoms with Gasteiger partial charge in [-0.15, -0.1) is 0 Å². The summed E-state index contributed by atoms with van der Waals surface area (Å²) in [5, 5.41) is 0. The topological polar surface area (TPSA) is 49.6 Å². The van der Waals surface area contributed by atoms with Crippen LogP contribution in [0, 0.1) is 0 Å². The standard InChI is InChI=1S/C15H16F3N3O/c16-15(17,18)11-4-2-5-12(7-11)21-9-20(14(19)22)8-10-3-1-6-13(10)21/h2,4-5,7H,1,3,6,8-9H2,(H2,19,22). The number of benzene rings is 1. The lowest BCUT2D eigenvalue weighted by molar-refractivity contribution is -0.137. The Labute approximate surface area is 126 Å². The summed E-state index contributed by atoms with van der Waals surface area (Å²) in [5.41, 5.74) is 7.20. The number of carbonyl (C=O) groups excluding carboxylic acids is 1. The molecular formula is C15H16F3N3O. The zero-order valence-electron chi connectivity index (χ0n) is 11.9. The van der Waals surface area contributed by atoms with Gasteiger partial charge in [0, 0.05) is 17.9 Å². The van der Waals surface area contributed by atoms with E-state index in [1.807, 2.05) is 0 Å². The van der Waals surface area contributed by atoms with Crippen LogP contribution in [0.5, 0.6) is 0 Å². The zero-order chi connectivity index (χ0) is 15.9. The van der Waals surface area contributed by atoms with Gasteiger partial charge in [-0.2, -0.15) is 13.2 Å². The van der Waals surface area contributed by atoms with Crippen LogP contribution in [0.3, 0.4) is 0 Å². The van der Waals surface area contributed by atoms with Crippen LogP contribution in [-0.2, 0) is 6.18 Å². The van der Waals surface area contributed by atoms with E-state index in [4.69, 9.17) is 5.73 Å². The summed E-state index contributed by atoms with van der Waals surface area (Å²) in [6.07, 6.45) is -1.76. The summed E-state index contributed by atoms with van der Waals surface area (Å²) in [5.74, 6) is 0. The second-order valence-corrected chi connectivity index (χ2v) is 5.56. The van der Waals surface area contributed by atoms with Gasteiger partial charge in [-0.3, -0.25) is 0 Å². The van der Waals surface area contributed by atoms with E-state index in [2.05, 4.69) is 0 Å². The van der Waals surface area contributed by atoms with Crippen molar-refractivity contribution in [1.29, 1.82) is 0 Å². The van der Waals surface area contributed by atoms with Gasteiger partial charge in [0.2, 0.25) is 0 Å². The monoisotopic (exact) mass is 311 g/mol. The molecule has 22 heavy (non-hydrogen) atoms. The van der Waals surface area contributed by atoms with E-state index in [9.17, 15) is 18.0 Å². The Morgan fingerprint density at radius 3 is 2.68 bits per heavy atom. The molecule has 1 heterocycles. The summed E-state index contributed by atoms with van der Waals surface area (Å²) in [6, 6.07) is 4.62. The van der Waals surface area contributed by atoms with Crippen molar-refractivity contribution < 1.29 is 18.0 Å². The highest BCUT2D eigenvalue weighted by Gasteiger charge is 2.33. The maximum atomic E-state index is 12.9. The molecule has 0 bridgehead atoms. The molecule has 0 unspecified atom stereocenters. The maximum Gasteiger partial charge on any atom is 0.416 e. The molecule has 2 N–H and O–H groups in total. The van der Waals surface area contributed by atoms with Crippen LogP contribution in [0.15, 0.2) is 35.5 Å². The minimum absolute atomic E-state index is 0.190. The molecule has 1 aliphatic carbocycles. The van der Waals surface area contributed by atoms with Gasteiger partial charge in [0.25, 0.3) is 0 Å². The van der Waals surface area contributed by atoms with E-state index < -0.39 is 17.8 Å². The first-order valence-corrected chi connectivity index (χ1v) is 7.06. The van der Waals surface area contributed by atoms with Crippen molar-refractivity contribution in [3.8, 4) is 0 Å². The first-order valence-electron chi connectivity index (χ1n) is 7.06. The van der Waals surface area contributed by atoms with E-state index in [0.717, 1.165) is 42.7 Å². The van der Waals surface area contributed by atoms with Crippen LogP contribution in [-0.4, -0.2) is 24.1 Å². The number of carbonyl (C=O) groups is 1. The first-order chi connectivity index (χ1) is 10.4. The second kappa shape index (κ2) is 5.23. The molecule has 0 atom stereocenters. The van der Waals surface area contributed by atoms with Crippen LogP contribution in [0.4, 0.5) is 23.7 Å². The fourth-order valence-electron chi connectivity index (χ4n) is 3.06. The van der Waals surface area contributed by atoms with Gasteiger partial charge in [-0.25, -0.2) is 4.79 Å². The number of halogens is 3. The molecule has 0 spiro atoms. The van der Waals surface area contributed by atoms with Crippen LogP contribution in [0.1, 0.15) is 24.8 Å². The number of nitrogens with zero attached hydrogens (tertiary/aromatic N) is 2. The predicted octanol–water partition coefficient (Wildman–Crippen LogP) is 3.30. The molecular weight excluding hydrogens is 295 g/mol. The smallest absolute Gasteiger partial charge is 0.351 e. The molecule has 0 radical (unpaired) electrons. The molecule has 118 valence electrons. The van der Waals surface area contributed by atoms with Crippen LogP contribution >= 0.6 is 0 Å². The number of alkyl halides is 3. The molecule has 0 fully saturated rings. The van der Waals surface area contributed by atoms with E-state index in [-0.39, 0.29) is 6.67 Å². The van der Waals surface area contributed by atoms with Crippen molar-refractivity contribution >= 4 is 11.7 Å². The molecule has 4 nitrogen and oxygen atoms in total. The average molecular weight is 311 g/mol. The van der Waals surface area contributed by atoms with Gasteiger partial charge in [0.05, 0.1) is 12.2 Å². The van der Waals surface area contributed by atoms with Crippen LogP contribution in [0.2, 0.25) is 0 Å². The Balaban J connectivity index is 1.99. The Morgan fingerprint density at radius 2 is 2.00 bits per heavy atom. The summed E-state index contributed by atoms with van der Waals surface area (Å²) in [7, 11) is 0. The Hall–Kier alpha value is -2.18. The molecule has 2 amide bonds. The van der Waals surface area contributed by atoms with Gasteiger partial charge >= 0.3 is 12.2 Å². The minimum Gasteiger partial charge on any atom is -0.351 e. The number of anilines is 1. The summed E-state index contributed by atoms with van der Waals surface area (Å²) >= 11 is 0. The lowest BCUT2D eigenvalue weighted by Crippen LogP contribution is -2.48. The average Bonchev–Trinajstić information content (AvgIpc) is 2.93. The SMILES string of the molecule is NC(=O)N1CC2=C(CCC2)N(c2cccc(C(F)(F)F)c2)C1. The van der Waals surface area contributed by atoms with Gasteiger partial charge in [-0.1, -0.05) is 6.07 Å². The van der Waals surface area contributed by atoms with E-state index in [1.165, 1.54) is 11.0 Å². The highest BCUT2D eigenvalue weighted by molar-refractivity contribution is 5.74. The summed E-state index contributed by atoms with van der Waals surface area (Å²) < 4.78 is 38.7. The van der Waals surface area contributed by atoms with Gasteiger partial charge in [0.15, 0.2) is 0 Å². The third-order valence-corrected chi connectivity index (χ3v) is 4.12. The fraction of sp³-hybridized carbons (Fsp3) is 0.400. The zero-order valence-corrected chi connectivity index (χ0v) is 11.9. The summed E-state index contributed by atoms with van der Waals surface area (Å²) in [4.78, 5) is 14.7. The number of urea groups is 1. The van der Waals surface area contributed by atoms with Crippen molar-refractivity contribution in [3.63, 3.8) is 0 Å². The molecule has 7 heteroatoms. The number of primary amides is 1. The number of nitrogens with two attached hydrogens (primary N) is 1. The largest absolute Gasteiger partial charge is 0.416 e. The quantitative estimate of drug-likeness (QED) is 0.865. The van der Waals surface area contributed by atoms with Crippen molar-refractivity contribution in [3.05, 3.63) is 41.1 Å². The number of allylic oxidation sites excluding steroid dienone is 1. The Bertz CT molecular complexity index is 639. The molecule has 0 aromatic heterocycles. The molecule has 1 aromatic rings. The van der Waals surface area contributed by atoms with Crippen LogP contribution < -0.4 is 10.6 Å². The Morgan fingerprint density at radius 1 is 1.23 bits per heavy atom. The van der Waals surface area contributed by atoms with Crippen molar-refractivity contribution in [1.82, 2.24) is 4.90 Å². The fourth-order valence-corrected chi connectivity index (χ4v) is 3.06. The van der Waals surface area contributed by atoms with Crippen molar-refractivity contribution in [2.45, 2.75) is 25.4 Å². The Kier molecular flexibility index (Phi) is 3.50. The van der Waals surface area contributed by atoms with E-state index in [0.29, 0.717) is 12.2 Å². The van der Waals surface area contributed by atoms with Crippen molar-refractivity contribution in [2.24, 2.45) is 5.73 Å². The predicted molar refractivity (Wildman–Crippen MR) is 76.0 cm³/mol.